The van der Waals surface area contributed by atoms with E-state index in [1.807, 2.05) is 17.9 Å². The number of rotatable bonds is 4. The smallest absolute Gasteiger partial charge is 0.147 e. The summed E-state index contributed by atoms with van der Waals surface area (Å²) in [6.45, 7) is 7.82. The monoisotopic (exact) mass is 458 g/mol. The van der Waals surface area contributed by atoms with E-state index in [-0.39, 0.29) is 5.60 Å². The minimum Gasteiger partial charge on any atom is -0.370 e. The summed E-state index contributed by atoms with van der Waals surface area (Å²) >= 11 is 1.66. The van der Waals surface area contributed by atoms with Gasteiger partial charge in [-0.05, 0) is 43.5 Å². The highest BCUT2D eigenvalue weighted by atomic mass is 32.1. The highest BCUT2D eigenvalue weighted by Crippen LogP contribution is 2.38. The van der Waals surface area contributed by atoms with Crippen molar-refractivity contribution in [2.75, 3.05) is 11.9 Å². The number of anilines is 1. The summed E-state index contributed by atoms with van der Waals surface area (Å²) in [4.78, 5) is 19.7. The van der Waals surface area contributed by atoms with E-state index in [1.54, 1.807) is 17.7 Å². The van der Waals surface area contributed by atoms with Crippen LogP contribution in [0.3, 0.4) is 0 Å². The summed E-state index contributed by atoms with van der Waals surface area (Å²) in [6, 6.07) is 8.70. The van der Waals surface area contributed by atoms with E-state index < -0.39 is 0 Å². The van der Waals surface area contributed by atoms with Crippen molar-refractivity contribution < 1.29 is 4.74 Å². The molecule has 5 aromatic rings. The molecule has 1 aliphatic heterocycles. The Hall–Kier alpha value is -3.10. The van der Waals surface area contributed by atoms with Gasteiger partial charge in [-0.2, -0.15) is 0 Å². The first-order chi connectivity index (χ1) is 15.9. The Kier molecular flexibility index (Phi) is 4.64. The van der Waals surface area contributed by atoms with Crippen LogP contribution in [0.15, 0.2) is 36.9 Å². The number of hydrogen-bond donors (Lipinski definition) is 1. The topological polar surface area (TPSA) is 77.8 Å². The minimum absolute atomic E-state index is 0.175. The maximum absolute atomic E-state index is 6.00. The number of nitrogens with one attached hydrogen (secondary N) is 1. The van der Waals surface area contributed by atoms with Crippen molar-refractivity contribution in [2.45, 2.75) is 45.3 Å². The lowest BCUT2D eigenvalue weighted by Crippen LogP contribution is -2.32. The van der Waals surface area contributed by atoms with Crippen molar-refractivity contribution in [3.8, 4) is 0 Å². The van der Waals surface area contributed by atoms with Gasteiger partial charge in [-0.1, -0.05) is 13.0 Å². The van der Waals surface area contributed by atoms with Gasteiger partial charge in [-0.15, -0.1) is 11.3 Å². The molecule has 1 aliphatic rings. The average molecular weight is 459 g/mol. The van der Waals surface area contributed by atoms with Crippen molar-refractivity contribution in [3.05, 3.63) is 53.7 Å². The second-order valence-electron chi connectivity index (χ2n) is 9.56. The van der Waals surface area contributed by atoms with Crippen LogP contribution in [0.25, 0.3) is 31.5 Å². The minimum atomic E-state index is -0.175. The van der Waals surface area contributed by atoms with Crippen LogP contribution < -0.4 is 5.32 Å². The largest absolute Gasteiger partial charge is 0.370 e. The van der Waals surface area contributed by atoms with Gasteiger partial charge in [-0.3, -0.25) is 0 Å². The molecule has 33 heavy (non-hydrogen) atoms. The van der Waals surface area contributed by atoms with E-state index in [0.717, 1.165) is 61.5 Å². The van der Waals surface area contributed by atoms with Gasteiger partial charge in [-0.25, -0.2) is 19.9 Å². The van der Waals surface area contributed by atoms with Crippen molar-refractivity contribution in [3.63, 3.8) is 0 Å². The molecule has 4 aromatic heterocycles. The number of fused-ring (bicyclic) bond motifs is 5. The molecule has 1 atom stereocenters. The van der Waals surface area contributed by atoms with Crippen LogP contribution in [0.2, 0.25) is 0 Å². The van der Waals surface area contributed by atoms with Crippen LogP contribution in [0.5, 0.6) is 0 Å². The molecule has 0 radical (unpaired) electrons. The maximum atomic E-state index is 6.00. The molecule has 0 fully saturated rings. The molecule has 168 valence electrons. The van der Waals surface area contributed by atoms with Crippen LogP contribution in [-0.4, -0.2) is 36.6 Å². The third-order valence-corrected chi connectivity index (χ3v) is 7.61. The Labute approximate surface area is 195 Å². The number of ether oxygens (including phenoxy) is 1. The van der Waals surface area contributed by atoms with Gasteiger partial charge in [0.2, 0.25) is 0 Å². The van der Waals surface area contributed by atoms with Crippen molar-refractivity contribution >= 4 is 48.6 Å². The molecule has 6 rings (SSSR count). The predicted octanol–water partition coefficient (Wildman–Crippen LogP) is 5.19. The van der Waals surface area contributed by atoms with E-state index in [1.165, 1.54) is 5.56 Å². The Morgan fingerprint density at radius 2 is 2.09 bits per heavy atom. The first-order valence-electron chi connectivity index (χ1n) is 11.2. The van der Waals surface area contributed by atoms with Crippen molar-refractivity contribution in [1.82, 2.24) is 24.5 Å². The van der Waals surface area contributed by atoms with E-state index in [2.05, 4.69) is 65.3 Å². The molecule has 1 unspecified atom stereocenters. The van der Waals surface area contributed by atoms with Crippen LogP contribution in [0.4, 0.5) is 5.82 Å². The zero-order valence-electron chi connectivity index (χ0n) is 19.2. The standard InChI is InChI=1S/C25H26N6OS/c1-14(15-5-6-20-18(8-15)29-13-31(20)4)10-26-23-22-21(27-12-28-23)17-7-16-11-32-25(2,3)9-19(16)30-24(17)33-22/h5-8,12-14H,9-11H2,1-4H3,(H,26,27,28). The Bertz CT molecular complexity index is 1520. The SMILES string of the molecule is CC(CNc1ncnc2c1sc1nc3c(cc12)COC(C)(C)C3)c1ccc2c(c1)ncn2C. The van der Waals surface area contributed by atoms with Crippen molar-refractivity contribution in [2.24, 2.45) is 7.05 Å². The zero-order chi connectivity index (χ0) is 22.7. The highest BCUT2D eigenvalue weighted by Gasteiger charge is 2.28. The molecule has 8 heteroatoms. The van der Waals surface area contributed by atoms with Crippen LogP contribution in [0, 0.1) is 0 Å². The van der Waals surface area contributed by atoms with Crippen LogP contribution in [0.1, 0.15) is 43.5 Å². The summed E-state index contributed by atoms with van der Waals surface area (Å²) in [7, 11) is 2.02. The van der Waals surface area contributed by atoms with E-state index in [0.29, 0.717) is 12.5 Å². The molecule has 1 aromatic carbocycles. The Morgan fingerprint density at radius 3 is 2.97 bits per heavy atom. The number of hydrogen-bond acceptors (Lipinski definition) is 7. The number of nitrogens with zero attached hydrogens (tertiary/aromatic N) is 5. The lowest BCUT2D eigenvalue weighted by atomic mass is 9.95. The molecule has 0 bridgehead atoms. The molecular formula is C25H26N6OS. The summed E-state index contributed by atoms with van der Waals surface area (Å²) in [5.41, 5.74) is 6.50. The van der Waals surface area contributed by atoms with Crippen LogP contribution >= 0.6 is 11.3 Å². The Morgan fingerprint density at radius 1 is 1.21 bits per heavy atom. The number of aryl methyl sites for hydroxylation is 1. The van der Waals surface area contributed by atoms with Crippen molar-refractivity contribution in [1.29, 1.82) is 0 Å². The molecule has 5 heterocycles. The normalized spacial score (nSPS) is 16.4. The van der Waals surface area contributed by atoms with E-state index in [4.69, 9.17) is 9.72 Å². The van der Waals surface area contributed by atoms with E-state index in [9.17, 15) is 0 Å². The molecule has 0 aliphatic carbocycles. The molecule has 1 N–H and O–H groups in total. The molecular weight excluding hydrogens is 432 g/mol. The van der Waals surface area contributed by atoms with E-state index >= 15 is 0 Å². The molecule has 0 amide bonds. The summed E-state index contributed by atoms with van der Waals surface area (Å²) in [6.07, 6.45) is 4.32. The first kappa shape index (κ1) is 20.5. The highest BCUT2D eigenvalue weighted by molar-refractivity contribution is 7.25. The van der Waals surface area contributed by atoms with Gasteiger partial charge in [0.05, 0.1) is 45.5 Å². The molecule has 7 nitrogen and oxygen atoms in total. The second kappa shape index (κ2) is 7.46. The number of benzene rings is 1. The quantitative estimate of drug-likeness (QED) is 0.399. The lowest BCUT2D eigenvalue weighted by Gasteiger charge is -2.30. The predicted molar refractivity (Wildman–Crippen MR) is 133 cm³/mol. The second-order valence-corrected chi connectivity index (χ2v) is 10.6. The van der Waals surface area contributed by atoms with Gasteiger partial charge < -0.3 is 14.6 Å². The number of imidazole rings is 1. The molecule has 0 saturated heterocycles. The van der Waals surface area contributed by atoms with Gasteiger partial charge >= 0.3 is 0 Å². The third-order valence-electron chi connectivity index (χ3n) is 6.52. The fourth-order valence-corrected chi connectivity index (χ4v) is 5.63. The average Bonchev–Trinajstić information content (AvgIpc) is 3.35. The fraction of sp³-hybridized carbons (Fsp3) is 0.360. The van der Waals surface area contributed by atoms with Crippen LogP contribution in [-0.2, 0) is 24.8 Å². The van der Waals surface area contributed by atoms with Gasteiger partial charge in [0.15, 0.2) is 0 Å². The van der Waals surface area contributed by atoms with Gasteiger partial charge in [0.25, 0.3) is 0 Å². The summed E-state index contributed by atoms with van der Waals surface area (Å²) < 4.78 is 9.09. The number of pyridine rings is 1. The lowest BCUT2D eigenvalue weighted by molar-refractivity contribution is -0.0411. The Balaban J connectivity index is 1.30. The third kappa shape index (κ3) is 3.54. The zero-order valence-corrected chi connectivity index (χ0v) is 20.0. The number of thiophene rings is 1. The molecule has 0 spiro atoms. The first-order valence-corrected chi connectivity index (χ1v) is 12.0. The molecule has 0 saturated carbocycles. The fourth-order valence-electron chi connectivity index (χ4n) is 4.54. The number of aromatic nitrogens is 5. The summed E-state index contributed by atoms with van der Waals surface area (Å²) in [5, 5.41) is 4.64. The maximum Gasteiger partial charge on any atom is 0.147 e. The van der Waals surface area contributed by atoms with Gasteiger partial charge in [0, 0.05) is 31.0 Å². The summed E-state index contributed by atoms with van der Waals surface area (Å²) in [5.74, 6) is 1.17. The van der Waals surface area contributed by atoms with Gasteiger partial charge in [0.1, 0.15) is 17.0 Å².